The van der Waals surface area contributed by atoms with E-state index in [2.05, 4.69) is 48.3 Å². The molecule has 1 aromatic rings. The first-order valence-electron chi connectivity index (χ1n) is 7.96. The minimum Gasteiger partial charge on any atom is -0.311 e. The molecule has 0 aliphatic carbocycles. The predicted molar refractivity (Wildman–Crippen MR) is 87.3 cm³/mol. The lowest BCUT2D eigenvalue weighted by molar-refractivity contribution is 0.0829. The number of aromatic nitrogens is 1. The average Bonchev–Trinajstić information content (AvgIpc) is 2.97. The van der Waals surface area contributed by atoms with Gasteiger partial charge in [0.2, 0.25) is 0 Å². The zero-order valence-corrected chi connectivity index (χ0v) is 14.1. The van der Waals surface area contributed by atoms with Crippen molar-refractivity contribution < 1.29 is 0 Å². The van der Waals surface area contributed by atoms with Crippen LogP contribution in [0.5, 0.6) is 0 Å². The van der Waals surface area contributed by atoms with Crippen LogP contribution in [0.3, 0.4) is 0 Å². The molecule has 3 atom stereocenters. The number of hydrogen-bond donors (Lipinski definition) is 1. The molecule has 114 valence electrons. The second kappa shape index (κ2) is 7.53. The molecule has 3 nitrogen and oxygen atoms in total. The Labute approximate surface area is 127 Å². The van der Waals surface area contributed by atoms with Gasteiger partial charge in [-0.25, -0.2) is 4.98 Å². The number of rotatable bonds is 6. The Morgan fingerprint density at radius 3 is 2.85 bits per heavy atom. The van der Waals surface area contributed by atoms with Gasteiger partial charge < -0.3 is 5.32 Å². The highest BCUT2D eigenvalue weighted by atomic mass is 32.1. The summed E-state index contributed by atoms with van der Waals surface area (Å²) in [5.74, 6) is 1.46. The van der Waals surface area contributed by atoms with Crippen LogP contribution in [-0.4, -0.2) is 41.6 Å². The van der Waals surface area contributed by atoms with Crippen molar-refractivity contribution in [2.24, 2.45) is 11.8 Å². The van der Waals surface area contributed by atoms with Crippen molar-refractivity contribution in [3.8, 4) is 0 Å². The molecule has 0 aromatic carbocycles. The van der Waals surface area contributed by atoms with Crippen LogP contribution in [0.4, 0.5) is 0 Å². The third-order valence-electron chi connectivity index (χ3n) is 4.73. The Bertz CT molecular complexity index is 377. The standard InChI is InChI=1S/C16H29N3S/c1-5-13(4)15-9-19(16(8-17-15)12(2)3)7-6-14-10-20-11-18-14/h10-13,15-17H,5-9H2,1-4H3. The van der Waals surface area contributed by atoms with E-state index in [0.29, 0.717) is 18.0 Å². The topological polar surface area (TPSA) is 28.2 Å². The van der Waals surface area contributed by atoms with Gasteiger partial charge in [0, 0.05) is 43.5 Å². The molecule has 0 bridgehead atoms. The van der Waals surface area contributed by atoms with Crippen molar-refractivity contribution in [2.45, 2.75) is 52.6 Å². The van der Waals surface area contributed by atoms with E-state index in [1.807, 2.05) is 5.51 Å². The second-order valence-corrected chi connectivity index (χ2v) is 7.16. The van der Waals surface area contributed by atoms with E-state index in [9.17, 15) is 0 Å². The van der Waals surface area contributed by atoms with Gasteiger partial charge in [0.05, 0.1) is 11.2 Å². The first kappa shape index (κ1) is 15.9. The lowest BCUT2D eigenvalue weighted by Crippen LogP contribution is -2.60. The van der Waals surface area contributed by atoms with Crippen molar-refractivity contribution in [1.29, 1.82) is 0 Å². The molecule has 1 aromatic heterocycles. The zero-order chi connectivity index (χ0) is 14.5. The SMILES string of the molecule is CCC(C)C1CN(CCc2cscn2)C(C(C)C)CN1. The Kier molecular flexibility index (Phi) is 6.00. The summed E-state index contributed by atoms with van der Waals surface area (Å²) in [7, 11) is 0. The smallest absolute Gasteiger partial charge is 0.0794 e. The molecule has 0 amide bonds. The van der Waals surface area contributed by atoms with Gasteiger partial charge in [-0.05, 0) is 11.8 Å². The molecule has 1 saturated heterocycles. The largest absolute Gasteiger partial charge is 0.311 e. The van der Waals surface area contributed by atoms with Crippen LogP contribution in [0.1, 0.15) is 39.8 Å². The van der Waals surface area contributed by atoms with E-state index >= 15 is 0 Å². The summed E-state index contributed by atoms with van der Waals surface area (Å²) >= 11 is 1.70. The molecule has 1 fully saturated rings. The van der Waals surface area contributed by atoms with Crippen LogP contribution < -0.4 is 5.32 Å². The van der Waals surface area contributed by atoms with Crippen molar-refractivity contribution in [1.82, 2.24) is 15.2 Å². The predicted octanol–water partition coefficient (Wildman–Crippen LogP) is 3.03. The summed E-state index contributed by atoms with van der Waals surface area (Å²) in [5, 5.41) is 5.95. The molecule has 1 N–H and O–H groups in total. The third kappa shape index (κ3) is 4.03. The van der Waals surface area contributed by atoms with Gasteiger partial charge in [0.1, 0.15) is 0 Å². The Hall–Kier alpha value is -0.450. The van der Waals surface area contributed by atoms with E-state index < -0.39 is 0 Å². The molecule has 0 radical (unpaired) electrons. The number of hydrogen-bond acceptors (Lipinski definition) is 4. The van der Waals surface area contributed by atoms with Gasteiger partial charge in [-0.2, -0.15) is 0 Å². The maximum absolute atomic E-state index is 4.42. The molecule has 20 heavy (non-hydrogen) atoms. The summed E-state index contributed by atoms with van der Waals surface area (Å²) < 4.78 is 0. The molecule has 1 aliphatic heterocycles. The number of nitrogens with one attached hydrogen (secondary N) is 1. The molecular weight excluding hydrogens is 266 g/mol. The number of nitrogens with zero attached hydrogens (tertiary/aromatic N) is 2. The molecular formula is C16H29N3S. The number of piperazine rings is 1. The molecule has 2 rings (SSSR count). The van der Waals surface area contributed by atoms with E-state index in [4.69, 9.17) is 0 Å². The fraction of sp³-hybridized carbons (Fsp3) is 0.812. The van der Waals surface area contributed by atoms with Gasteiger partial charge >= 0.3 is 0 Å². The Morgan fingerprint density at radius 2 is 2.25 bits per heavy atom. The Morgan fingerprint density at radius 1 is 1.45 bits per heavy atom. The summed E-state index contributed by atoms with van der Waals surface area (Å²) in [6, 6.07) is 1.30. The fourth-order valence-corrected chi connectivity index (χ4v) is 3.65. The highest BCUT2D eigenvalue weighted by Crippen LogP contribution is 2.20. The third-order valence-corrected chi connectivity index (χ3v) is 5.36. The van der Waals surface area contributed by atoms with E-state index in [1.165, 1.54) is 18.7 Å². The van der Waals surface area contributed by atoms with Crippen LogP contribution in [0.15, 0.2) is 10.9 Å². The maximum atomic E-state index is 4.42. The molecule has 0 saturated carbocycles. The first-order valence-corrected chi connectivity index (χ1v) is 8.90. The molecule has 2 heterocycles. The summed E-state index contributed by atoms with van der Waals surface area (Å²) in [6.45, 7) is 12.8. The molecule has 1 aliphatic rings. The second-order valence-electron chi connectivity index (χ2n) is 6.44. The summed E-state index contributed by atoms with van der Waals surface area (Å²) in [5.41, 5.74) is 3.19. The molecule has 4 heteroatoms. The quantitative estimate of drug-likeness (QED) is 0.874. The Balaban J connectivity index is 1.95. The minimum atomic E-state index is 0.644. The first-order chi connectivity index (χ1) is 9.61. The van der Waals surface area contributed by atoms with Gasteiger partial charge in [-0.3, -0.25) is 4.90 Å². The van der Waals surface area contributed by atoms with Gasteiger partial charge in [-0.1, -0.05) is 34.1 Å². The van der Waals surface area contributed by atoms with Crippen molar-refractivity contribution in [2.75, 3.05) is 19.6 Å². The van der Waals surface area contributed by atoms with Gasteiger partial charge in [-0.15, -0.1) is 11.3 Å². The zero-order valence-electron chi connectivity index (χ0n) is 13.3. The van der Waals surface area contributed by atoms with Crippen LogP contribution in [0.2, 0.25) is 0 Å². The highest BCUT2D eigenvalue weighted by molar-refractivity contribution is 7.07. The van der Waals surface area contributed by atoms with Crippen molar-refractivity contribution in [3.63, 3.8) is 0 Å². The number of thiazole rings is 1. The summed E-state index contributed by atoms with van der Waals surface area (Å²) in [6.07, 6.45) is 2.34. The van der Waals surface area contributed by atoms with Crippen LogP contribution in [-0.2, 0) is 6.42 Å². The monoisotopic (exact) mass is 295 g/mol. The minimum absolute atomic E-state index is 0.644. The average molecular weight is 295 g/mol. The fourth-order valence-electron chi connectivity index (χ4n) is 3.05. The molecule has 3 unspecified atom stereocenters. The van der Waals surface area contributed by atoms with Crippen LogP contribution in [0, 0.1) is 11.8 Å². The van der Waals surface area contributed by atoms with E-state index in [-0.39, 0.29) is 0 Å². The van der Waals surface area contributed by atoms with Crippen LogP contribution in [0.25, 0.3) is 0 Å². The summed E-state index contributed by atoms with van der Waals surface area (Å²) in [4.78, 5) is 7.11. The normalized spacial score (nSPS) is 26.1. The van der Waals surface area contributed by atoms with Gasteiger partial charge in [0.25, 0.3) is 0 Å². The van der Waals surface area contributed by atoms with Crippen LogP contribution >= 0.6 is 11.3 Å². The van der Waals surface area contributed by atoms with Crippen molar-refractivity contribution >= 4 is 11.3 Å². The lowest BCUT2D eigenvalue weighted by Gasteiger charge is -2.44. The van der Waals surface area contributed by atoms with E-state index in [1.54, 1.807) is 11.3 Å². The van der Waals surface area contributed by atoms with E-state index in [0.717, 1.165) is 25.4 Å². The van der Waals surface area contributed by atoms with Gasteiger partial charge in [0.15, 0.2) is 0 Å². The highest BCUT2D eigenvalue weighted by Gasteiger charge is 2.31. The van der Waals surface area contributed by atoms with Crippen molar-refractivity contribution in [3.05, 3.63) is 16.6 Å². The molecule has 0 spiro atoms. The lowest BCUT2D eigenvalue weighted by atomic mass is 9.92. The maximum Gasteiger partial charge on any atom is 0.0794 e.